The van der Waals surface area contributed by atoms with E-state index in [1.54, 1.807) is 6.07 Å². The first-order chi connectivity index (χ1) is 8.02. The molecule has 3 N–H and O–H groups in total. The number of nitrogens with two attached hydrogens (primary N) is 1. The van der Waals surface area contributed by atoms with Crippen LogP contribution in [0.3, 0.4) is 0 Å². The first-order valence-corrected chi connectivity index (χ1v) is 5.79. The Bertz CT molecular complexity index is 377. The number of hydrogen-bond donors (Lipinski definition) is 2. The summed E-state index contributed by atoms with van der Waals surface area (Å²) in [4.78, 5) is 11.6. The lowest BCUT2D eigenvalue weighted by atomic mass is 10.1. The first-order valence-electron chi connectivity index (χ1n) is 5.79. The second-order valence-electron chi connectivity index (χ2n) is 4.38. The summed E-state index contributed by atoms with van der Waals surface area (Å²) < 4.78 is 5.21. The van der Waals surface area contributed by atoms with Crippen LogP contribution >= 0.6 is 0 Å². The van der Waals surface area contributed by atoms with Crippen molar-refractivity contribution in [2.75, 3.05) is 5.32 Å². The topological polar surface area (TPSA) is 64.3 Å². The molecule has 1 rings (SSSR count). The van der Waals surface area contributed by atoms with Gasteiger partial charge < -0.3 is 10.5 Å². The summed E-state index contributed by atoms with van der Waals surface area (Å²) in [6.45, 7) is 6.34. The van der Waals surface area contributed by atoms with Crippen LogP contribution in [0.25, 0.3) is 0 Å². The summed E-state index contributed by atoms with van der Waals surface area (Å²) in [5, 5.41) is 2.69. The molecule has 1 atom stereocenters. The lowest BCUT2D eigenvalue weighted by molar-refractivity contribution is 0.0940. The molecule has 4 heteroatoms. The highest BCUT2D eigenvalue weighted by Crippen LogP contribution is 2.12. The van der Waals surface area contributed by atoms with Crippen molar-refractivity contribution in [1.29, 1.82) is 0 Å². The van der Waals surface area contributed by atoms with Gasteiger partial charge >= 0.3 is 6.09 Å². The van der Waals surface area contributed by atoms with Gasteiger partial charge in [0.2, 0.25) is 0 Å². The molecule has 0 radical (unpaired) electrons. The molecule has 0 saturated carbocycles. The summed E-state index contributed by atoms with van der Waals surface area (Å²) in [6.07, 6.45) is -0.534. The van der Waals surface area contributed by atoms with Gasteiger partial charge in [0, 0.05) is 12.2 Å². The van der Waals surface area contributed by atoms with Gasteiger partial charge in [-0.3, -0.25) is 5.32 Å². The van der Waals surface area contributed by atoms with E-state index in [9.17, 15) is 4.79 Å². The molecule has 1 aromatic carbocycles. The number of amides is 1. The summed E-state index contributed by atoms with van der Waals surface area (Å²) in [5.74, 6) is 0.302. The van der Waals surface area contributed by atoms with Crippen LogP contribution in [-0.4, -0.2) is 12.2 Å². The fourth-order valence-corrected chi connectivity index (χ4v) is 1.23. The van der Waals surface area contributed by atoms with Crippen molar-refractivity contribution >= 4 is 11.8 Å². The van der Waals surface area contributed by atoms with Crippen molar-refractivity contribution in [3.63, 3.8) is 0 Å². The van der Waals surface area contributed by atoms with E-state index in [1.807, 2.05) is 39.0 Å². The Hall–Kier alpha value is -1.55. The van der Waals surface area contributed by atoms with Crippen LogP contribution in [0.5, 0.6) is 0 Å². The summed E-state index contributed by atoms with van der Waals surface area (Å²) in [7, 11) is 0. The van der Waals surface area contributed by atoms with Crippen LogP contribution in [0.2, 0.25) is 0 Å². The van der Waals surface area contributed by atoms with Crippen LogP contribution in [0.1, 0.15) is 26.3 Å². The number of hydrogen-bond acceptors (Lipinski definition) is 3. The zero-order chi connectivity index (χ0) is 12.8. The number of nitrogens with one attached hydrogen (secondary N) is 1. The first kappa shape index (κ1) is 13.5. The summed E-state index contributed by atoms with van der Waals surface area (Å²) in [6, 6.07) is 7.40. The third-order valence-corrected chi connectivity index (χ3v) is 2.64. The third kappa shape index (κ3) is 4.44. The monoisotopic (exact) mass is 236 g/mol. The fraction of sp³-hybridized carbons (Fsp3) is 0.462. The molecule has 17 heavy (non-hydrogen) atoms. The number of carbonyl (C=O) groups excluding carboxylic acids is 1. The highest BCUT2D eigenvalue weighted by atomic mass is 16.6. The molecule has 1 unspecified atom stereocenters. The normalized spacial score (nSPS) is 12.3. The van der Waals surface area contributed by atoms with Crippen molar-refractivity contribution in [3.05, 3.63) is 29.8 Å². The Labute approximate surface area is 102 Å². The predicted molar refractivity (Wildman–Crippen MR) is 68.7 cm³/mol. The van der Waals surface area contributed by atoms with Gasteiger partial charge in [-0.2, -0.15) is 0 Å². The van der Waals surface area contributed by atoms with Gasteiger partial charge in [0.15, 0.2) is 0 Å². The smallest absolute Gasteiger partial charge is 0.411 e. The molecule has 94 valence electrons. The minimum atomic E-state index is -0.430. The molecule has 4 nitrogen and oxygen atoms in total. The van der Waals surface area contributed by atoms with Crippen molar-refractivity contribution in [1.82, 2.24) is 0 Å². The van der Waals surface area contributed by atoms with Gasteiger partial charge in [0.05, 0.1) is 0 Å². The minimum absolute atomic E-state index is 0.104. The summed E-state index contributed by atoms with van der Waals surface area (Å²) >= 11 is 0. The van der Waals surface area contributed by atoms with Crippen molar-refractivity contribution < 1.29 is 9.53 Å². The average Bonchev–Trinajstić information content (AvgIpc) is 2.28. The SMILES string of the molecule is CC(C)C(C)OC(=O)Nc1cccc(CN)c1. The van der Waals surface area contributed by atoms with E-state index < -0.39 is 6.09 Å². The molecule has 0 aliphatic rings. The molecule has 0 fully saturated rings. The summed E-state index contributed by atoms with van der Waals surface area (Å²) in [5.41, 5.74) is 7.20. The Kier molecular flexibility index (Phi) is 4.97. The molecule has 0 saturated heterocycles. The Morgan fingerprint density at radius 2 is 2.12 bits per heavy atom. The van der Waals surface area contributed by atoms with Crippen molar-refractivity contribution in [2.45, 2.75) is 33.4 Å². The molecular weight excluding hydrogens is 216 g/mol. The maximum absolute atomic E-state index is 11.6. The van der Waals surface area contributed by atoms with Gasteiger partial charge in [-0.1, -0.05) is 26.0 Å². The maximum atomic E-state index is 11.6. The second-order valence-corrected chi connectivity index (χ2v) is 4.38. The second kappa shape index (κ2) is 6.25. The van der Waals surface area contributed by atoms with E-state index >= 15 is 0 Å². The maximum Gasteiger partial charge on any atom is 0.411 e. The highest BCUT2D eigenvalue weighted by molar-refractivity contribution is 5.84. The quantitative estimate of drug-likeness (QED) is 0.844. The molecular formula is C13H20N2O2. The fourth-order valence-electron chi connectivity index (χ4n) is 1.23. The van der Waals surface area contributed by atoms with Gasteiger partial charge in [-0.25, -0.2) is 4.79 Å². The van der Waals surface area contributed by atoms with Gasteiger partial charge in [-0.05, 0) is 30.5 Å². The van der Waals surface area contributed by atoms with E-state index in [2.05, 4.69) is 5.32 Å². The molecule has 0 heterocycles. The zero-order valence-electron chi connectivity index (χ0n) is 10.6. The molecule has 0 aromatic heterocycles. The van der Waals surface area contributed by atoms with Crippen LogP contribution < -0.4 is 11.1 Å². The lowest BCUT2D eigenvalue weighted by Crippen LogP contribution is -2.23. The molecule has 0 bridgehead atoms. The Morgan fingerprint density at radius 1 is 1.41 bits per heavy atom. The average molecular weight is 236 g/mol. The minimum Gasteiger partial charge on any atom is -0.446 e. The van der Waals surface area contributed by atoms with E-state index in [0.717, 1.165) is 5.56 Å². The number of ether oxygens (including phenoxy) is 1. The van der Waals surface area contributed by atoms with Crippen LogP contribution in [0.15, 0.2) is 24.3 Å². The third-order valence-electron chi connectivity index (χ3n) is 2.64. The lowest BCUT2D eigenvalue weighted by Gasteiger charge is -2.17. The van der Waals surface area contributed by atoms with Gasteiger partial charge in [0.1, 0.15) is 6.10 Å². The van der Waals surface area contributed by atoms with E-state index in [4.69, 9.17) is 10.5 Å². The molecule has 0 aliphatic heterocycles. The standard InChI is InChI=1S/C13H20N2O2/c1-9(2)10(3)17-13(16)15-12-6-4-5-11(7-12)8-14/h4-7,9-10H,8,14H2,1-3H3,(H,15,16). The van der Waals surface area contributed by atoms with Crippen molar-refractivity contribution in [3.8, 4) is 0 Å². The van der Waals surface area contributed by atoms with Crippen LogP contribution in [0.4, 0.5) is 10.5 Å². The predicted octanol–water partition coefficient (Wildman–Crippen LogP) is 2.74. The Morgan fingerprint density at radius 3 is 2.71 bits per heavy atom. The number of carbonyl (C=O) groups is 1. The van der Waals surface area contributed by atoms with E-state index in [1.165, 1.54) is 0 Å². The van der Waals surface area contributed by atoms with Crippen LogP contribution in [-0.2, 0) is 11.3 Å². The van der Waals surface area contributed by atoms with Crippen molar-refractivity contribution in [2.24, 2.45) is 11.7 Å². The highest BCUT2D eigenvalue weighted by Gasteiger charge is 2.12. The van der Waals surface area contributed by atoms with E-state index in [0.29, 0.717) is 18.2 Å². The zero-order valence-corrected chi connectivity index (χ0v) is 10.6. The van der Waals surface area contributed by atoms with Crippen LogP contribution in [0, 0.1) is 5.92 Å². The number of benzene rings is 1. The molecule has 0 aliphatic carbocycles. The largest absolute Gasteiger partial charge is 0.446 e. The van der Waals surface area contributed by atoms with Gasteiger partial charge in [-0.15, -0.1) is 0 Å². The molecule has 0 spiro atoms. The molecule has 1 aromatic rings. The number of anilines is 1. The number of rotatable bonds is 4. The molecule has 1 amide bonds. The van der Waals surface area contributed by atoms with E-state index in [-0.39, 0.29) is 6.10 Å². The Balaban J connectivity index is 2.55. The van der Waals surface area contributed by atoms with Gasteiger partial charge in [0.25, 0.3) is 0 Å².